The van der Waals surface area contributed by atoms with Crippen LogP contribution < -0.4 is 11.1 Å². The van der Waals surface area contributed by atoms with Crippen molar-refractivity contribution in [1.29, 1.82) is 0 Å². The quantitative estimate of drug-likeness (QED) is 0.686. The maximum absolute atomic E-state index is 11.9. The van der Waals surface area contributed by atoms with Crippen LogP contribution in [-0.4, -0.2) is 61.0 Å². The Kier molecular flexibility index (Phi) is 11.1. The first-order valence-electron chi connectivity index (χ1n) is 8.63. The normalized spacial score (nSPS) is 21.5. The number of hydrogen-bond acceptors (Lipinski definition) is 4. The summed E-state index contributed by atoms with van der Waals surface area (Å²) < 4.78 is 0. The number of nitrogens with zero attached hydrogens (tertiary/aromatic N) is 2. The van der Waals surface area contributed by atoms with E-state index in [0.29, 0.717) is 12.6 Å². The molecule has 3 N–H and O–H groups in total. The van der Waals surface area contributed by atoms with Crippen LogP contribution in [0.3, 0.4) is 0 Å². The standard InChI is InChI=1S/C18H28N4O.3ClH/c1-21-12-13-22(16(14-21)15-6-3-2-4-7-15)11-5-10-20-17(23)18(19)8-9-18;;;/h2-4,6-7,16H,5,8-14,19H2,1H3,(H,20,23);3*1H. The third-order valence-corrected chi connectivity index (χ3v) is 5.03. The fourth-order valence-electron chi connectivity index (χ4n) is 3.24. The Labute approximate surface area is 175 Å². The molecule has 1 saturated carbocycles. The van der Waals surface area contributed by atoms with Gasteiger partial charge in [0.05, 0.1) is 5.54 Å². The van der Waals surface area contributed by atoms with Crippen molar-refractivity contribution < 1.29 is 4.79 Å². The van der Waals surface area contributed by atoms with Gasteiger partial charge in [0, 0.05) is 38.8 Å². The highest BCUT2D eigenvalue weighted by molar-refractivity contribution is 5.88. The van der Waals surface area contributed by atoms with Gasteiger partial charge in [-0.2, -0.15) is 0 Å². The number of rotatable bonds is 6. The summed E-state index contributed by atoms with van der Waals surface area (Å²) in [7, 11) is 2.18. The lowest BCUT2D eigenvalue weighted by molar-refractivity contribution is -0.123. The average Bonchev–Trinajstić information content (AvgIpc) is 3.32. The maximum atomic E-state index is 11.9. The van der Waals surface area contributed by atoms with E-state index in [2.05, 4.69) is 52.5 Å². The molecule has 0 bridgehead atoms. The molecule has 1 amide bonds. The second kappa shape index (κ2) is 11.3. The summed E-state index contributed by atoms with van der Waals surface area (Å²) >= 11 is 0. The molecule has 1 aliphatic heterocycles. The van der Waals surface area contributed by atoms with E-state index in [1.807, 2.05) is 0 Å². The summed E-state index contributed by atoms with van der Waals surface area (Å²) in [5.41, 5.74) is 6.72. The molecule has 0 spiro atoms. The topological polar surface area (TPSA) is 61.6 Å². The number of piperazine rings is 1. The molecule has 1 aromatic carbocycles. The van der Waals surface area contributed by atoms with Crippen molar-refractivity contribution >= 4 is 43.1 Å². The van der Waals surface area contributed by atoms with E-state index < -0.39 is 5.54 Å². The highest BCUT2D eigenvalue weighted by Gasteiger charge is 2.45. The average molecular weight is 426 g/mol. The fraction of sp³-hybridized carbons (Fsp3) is 0.611. The van der Waals surface area contributed by atoms with Gasteiger partial charge >= 0.3 is 0 Å². The van der Waals surface area contributed by atoms with Crippen LogP contribution in [0.1, 0.15) is 30.9 Å². The Morgan fingerprint density at radius 2 is 1.85 bits per heavy atom. The molecule has 0 radical (unpaired) electrons. The molecule has 1 heterocycles. The van der Waals surface area contributed by atoms with Gasteiger partial charge < -0.3 is 16.0 Å². The van der Waals surface area contributed by atoms with Gasteiger partial charge in [-0.05, 0) is 31.9 Å². The van der Waals surface area contributed by atoms with Crippen LogP contribution in [0.4, 0.5) is 0 Å². The number of amides is 1. The predicted molar refractivity (Wildman–Crippen MR) is 114 cm³/mol. The van der Waals surface area contributed by atoms with Crippen molar-refractivity contribution in [2.24, 2.45) is 5.73 Å². The third-order valence-electron chi connectivity index (χ3n) is 5.03. The smallest absolute Gasteiger partial charge is 0.240 e. The first kappa shape index (κ1) is 25.4. The summed E-state index contributed by atoms with van der Waals surface area (Å²) in [5.74, 6) is 0.0236. The lowest BCUT2D eigenvalue weighted by Gasteiger charge is -2.40. The van der Waals surface area contributed by atoms with Gasteiger partial charge in [-0.15, -0.1) is 37.2 Å². The Bertz CT molecular complexity index is 542. The first-order chi connectivity index (χ1) is 11.1. The molecule has 2 fully saturated rings. The molecule has 2 aliphatic rings. The van der Waals surface area contributed by atoms with E-state index in [9.17, 15) is 4.79 Å². The number of carbonyl (C=O) groups excluding carboxylic acids is 1. The second-order valence-electron chi connectivity index (χ2n) is 6.99. The minimum Gasteiger partial charge on any atom is -0.354 e. The van der Waals surface area contributed by atoms with Gasteiger partial charge in [-0.1, -0.05) is 30.3 Å². The van der Waals surface area contributed by atoms with Crippen LogP contribution >= 0.6 is 37.2 Å². The number of halogens is 3. The van der Waals surface area contributed by atoms with E-state index in [0.717, 1.165) is 45.4 Å². The summed E-state index contributed by atoms with van der Waals surface area (Å²) in [5, 5.41) is 2.99. The van der Waals surface area contributed by atoms with E-state index >= 15 is 0 Å². The lowest BCUT2D eigenvalue weighted by atomic mass is 10.0. The van der Waals surface area contributed by atoms with Crippen molar-refractivity contribution in [3.63, 3.8) is 0 Å². The first-order valence-corrected chi connectivity index (χ1v) is 8.63. The second-order valence-corrected chi connectivity index (χ2v) is 6.99. The van der Waals surface area contributed by atoms with Gasteiger partial charge in [0.2, 0.25) is 5.91 Å². The fourth-order valence-corrected chi connectivity index (χ4v) is 3.24. The van der Waals surface area contributed by atoms with Crippen molar-refractivity contribution in [3.8, 4) is 0 Å². The Hall–Kier alpha value is -0.560. The Morgan fingerprint density at radius 1 is 1.19 bits per heavy atom. The summed E-state index contributed by atoms with van der Waals surface area (Å²) in [6.45, 7) is 4.95. The maximum Gasteiger partial charge on any atom is 0.240 e. The van der Waals surface area contributed by atoms with Gasteiger partial charge in [0.15, 0.2) is 0 Å². The van der Waals surface area contributed by atoms with Crippen molar-refractivity contribution in [1.82, 2.24) is 15.1 Å². The minimum atomic E-state index is -0.555. The van der Waals surface area contributed by atoms with Crippen LogP contribution in [0.15, 0.2) is 30.3 Å². The van der Waals surface area contributed by atoms with Crippen molar-refractivity contribution in [2.45, 2.75) is 30.8 Å². The van der Waals surface area contributed by atoms with E-state index in [1.54, 1.807) is 0 Å². The van der Waals surface area contributed by atoms with Crippen LogP contribution in [0.25, 0.3) is 0 Å². The van der Waals surface area contributed by atoms with E-state index in [4.69, 9.17) is 5.73 Å². The highest BCUT2D eigenvalue weighted by atomic mass is 35.5. The predicted octanol–water partition coefficient (Wildman–Crippen LogP) is 2.24. The van der Waals surface area contributed by atoms with E-state index in [1.165, 1.54) is 5.56 Å². The summed E-state index contributed by atoms with van der Waals surface area (Å²) in [6.07, 6.45) is 2.62. The van der Waals surface area contributed by atoms with Gasteiger partial charge in [0.25, 0.3) is 0 Å². The molecule has 1 aliphatic carbocycles. The summed E-state index contributed by atoms with van der Waals surface area (Å²) in [4.78, 5) is 16.8. The van der Waals surface area contributed by atoms with Crippen molar-refractivity contribution in [3.05, 3.63) is 35.9 Å². The molecule has 1 unspecified atom stereocenters. The zero-order valence-corrected chi connectivity index (χ0v) is 17.7. The molecule has 5 nitrogen and oxygen atoms in total. The number of nitrogens with two attached hydrogens (primary N) is 1. The number of hydrogen-bond donors (Lipinski definition) is 2. The van der Waals surface area contributed by atoms with Crippen LogP contribution in [0.2, 0.25) is 0 Å². The zero-order valence-electron chi connectivity index (χ0n) is 15.2. The monoisotopic (exact) mass is 424 g/mol. The van der Waals surface area contributed by atoms with Gasteiger partial charge in [0.1, 0.15) is 0 Å². The zero-order chi connectivity index (χ0) is 16.3. The van der Waals surface area contributed by atoms with Gasteiger partial charge in [-0.3, -0.25) is 9.69 Å². The Balaban J connectivity index is 0.00000208. The number of nitrogens with one attached hydrogen (secondary N) is 1. The van der Waals surface area contributed by atoms with Crippen LogP contribution in [0.5, 0.6) is 0 Å². The lowest BCUT2D eigenvalue weighted by Crippen LogP contribution is -2.48. The summed E-state index contributed by atoms with van der Waals surface area (Å²) in [6, 6.07) is 11.1. The van der Waals surface area contributed by atoms with E-state index in [-0.39, 0.29) is 43.1 Å². The molecular formula is C18H31Cl3N4O. The molecule has 0 aromatic heterocycles. The Morgan fingerprint density at radius 3 is 2.46 bits per heavy atom. The largest absolute Gasteiger partial charge is 0.354 e. The SMILES string of the molecule is CN1CCN(CCCNC(=O)C2(N)CC2)C(c2ccccc2)C1.Cl.Cl.Cl. The molecule has 1 atom stereocenters. The number of carbonyl (C=O) groups is 1. The number of benzene rings is 1. The minimum absolute atomic E-state index is 0. The van der Waals surface area contributed by atoms with Crippen LogP contribution in [-0.2, 0) is 4.79 Å². The molecule has 8 heteroatoms. The number of likely N-dealkylation sites (N-methyl/N-ethyl adjacent to an activating group) is 1. The van der Waals surface area contributed by atoms with Crippen LogP contribution in [0, 0.1) is 0 Å². The molecule has 3 rings (SSSR count). The molecule has 26 heavy (non-hydrogen) atoms. The van der Waals surface area contributed by atoms with Gasteiger partial charge in [-0.25, -0.2) is 0 Å². The molecule has 150 valence electrons. The molecule has 1 aromatic rings. The molecular weight excluding hydrogens is 395 g/mol. The van der Waals surface area contributed by atoms with Crippen molar-refractivity contribution in [2.75, 3.05) is 39.8 Å². The molecule has 1 saturated heterocycles. The highest BCUT2D eigenvalue weighted by Crippen LogP contribution is 2.32. The third kappa shape index (κ3) is 6.55.